The Morgan fingerprint density at radius 1 is 1.26 bits per heavy atom. The Hall–Kier alpha value is -1.91. The van der Waals surface area contributed by atoms with Crippen LogP contribution in [0.1, 0.15) is 21.5 Å². The number of benzene rings is 1. The van der Waals surface area contributed by atoms with Gasteiger partial charge in [-0.3, -0.25) is 4.79 Å². The van der Waals surface area contributed by atoms with E-state index in [2.05, 4.69) is 4.98 Å². The fourth-order valence-corrected chi connectivity index (χ4v) is 1.93. The summed E-state index contributed by atoms with van der Waals surface area (Å²) in [6.07, 6.45) is 2.20. The molecule has 0 unspecified atom stereocenters. The van der Waals surface area contributed by atoms with Crippen molar-refractivity contribution in [3.63, 3.8) is 0 Å². The number of anilines is 1. The fraction of sp³-hybridized carbons (Fsp3) is 0.143. The van der Waals surface area contributed by atoms with Crippen LogP contribution in [-0.4, -0.2) is 17.3 Å². The van der Waals surface area contributed by atoms with E-state index in [1.807, 2.05) is 12.1 Å². The van der Waals surface area contributed by atoms with Crippen LogP contribution in [0.25, 0.3) is 0 Å². The lowest BCUT2D eigenvalue weighted by molar-refractivity contribution is 0.103. The summed E-state index contributed by atoms with van der Waals surface area (Å²) in [5.74, 6) is -0.00719. The Morgan fingerprint density at radius 3 is 2.58 bits per heavy atom. The average molecular weight is 276 g/mol. The average Bonchev–Trinajstić information content (AvgIpc) is 2.42. The number of nitrogens with zero attached hydrogens (tertiary/aromatic N) is 1. The van der Waals surface area contributed by atoms with Crippen LogP contribution < -0.4 is 11.5 Å². The summed E-state index contributed by atoms with van der Waals surface area (Å²) in [6.45, 7) is 0.582. The van der Waals surface area contributed by atoms with Crippen molar-refractivity contribution in [2.45, 2.75) is 6.42 Å². The molecule has 0 saturated heterocycles. The molecule has 4 nitrogen and oxygen atoms in total. The maximum atomic E-state index is 12.3. The molecule has 0 aliphatic rings. The number of nitrogens with two attached hydrogens (primary N) is 2. The van der Waals surface area contributed by atoms with Gasteiger partial charge in [0.15, 0.2) is 5.78 Å². The molecule has 0 amide bonds. The molecule has 4 N–H and O–H groups in total. The molecule has 2 aromatic rings. The Bertz CT molecular complexity index is 596. The van der Waals surface area contributed by atoms with Crippen molar-refractivity contribution in [2.24, 2.45) is 5.73 Å². The first-order valence-electron chi connectivity index (χ1n) is 5.86. The van der Waals surface area contributed by atoms with E-state index < -0.39 is 0 Å². The van der Waals surface area contributed by atoms with Crippen LogP contribution in [0.2, 0.25) is 5.02 Å². The lowest BCUT2D eigenvalue weighted by atomic mass is 10.0. The summed E-state index contributed by atoms with van der Waals surface area (Å²) in [4.78, 5) is 16.2. The SMILES string of the molecule is NCCc1ccc(C(=O)c2cc(Cl)cnc2N)cc1. The number of carbonyl (C=O) groups is 1. The van der Waals surface area contributed by atoms with Gasteiger partial charge in [-0.05, 0) is 24.6 Å². The van der Waals surface area contributed by atoms with E-state index in [0.29, 0.717) is 22.7 Å². The van der Waals surface area contributed by atoms with Gasteiger partial charge in [-0.2, -0.15) is 0 Å². The topological polar surface area (TPSA) is 82.0 Å². The number of ketones is 1. The number of hydrogen-bond acceptors (Lipinski definition) is 4. The first kappa shape index (κ1) is 13.5. The number of nitrogen functional groups attached to an aromatic ring is 1. The number of carbonyl (C=O) groups excluding carboxylic acids is 1. The molecular formula is C14H14ClN3O. The van der Waals surface area contributed by atoms with E-state index >= 15 is 0 Å². The van der Waals surface area contributed by atoms with Gasteiger partial charge in [-0.1, -0.05) is 35.9 Å². The normalized spacial score (nSPS) is 10.4. The zero-order valence-corrected chi connectivity index (χ0v) is 11.0. The van der Waals surface area contributed by atoms with Gasteiger partial charge in [0.25, 0.3) is 0 Å². The Labute approximate surface area is 116 Å². The van der Waals surface area contributed by atoms with Crippen LogP contribution in [0.4, 0.5) is 5.82 Å². The summed E-state index contributed by atoms with van der Waals surface area (Å²) in [5, 5.41) is 0.386. The van der Waals surface area contributed by atoms with E-state index in [-0.39, 0.29) is 11.6 Å². The zero-order valence-electron chi connectivity index (χ0n) is 10.3. The third-order valence-electron chi connectivity index (χ3n) is 2.78. The molecule has 0 fully saturated rings. The Kier molecular flexibility index (Phi) is 4.14. The lowest BCUT2D eigenvalue weighted by Gasteiger charge is -2.05. The van der Waals surface area contributed by atoms with Crippen LogP contribution in [-0.2, 0) is 6.42 Å². The first-order chi connectivity index (χ1) is 9.11. The van der Waals surface area contributed by atoms with Gasteiger partial charge in [0, 0.05) is 11.8 Å². The number of aromatic nitrogens is 1. The highest BCUT2D eigenvalue weighted by Crippen LogP contribution is 2.19. The Balaban J connectivity index is 2.30. The third-order valence-corrected chi connectivity index (χ3v) is 2.99. The molecule has 1 aromatic carbocycles. The summed E-state index contributed by atoms with van der Waals surface area (Å²) in [6, 6.07) is 8.81. The predicted octanol–water partition coefficient (Wildman–Crippen LogP) is 2.05. The molecule has 0 spiro atoms. The highest BCUT2D eigenvalue weighted by Gasteiger charge is 2.13. The van der Waals surface area contributed by atoms with Crippen molar-refractivity contribution in [1.29, 1.82) is 0 Å². The minimum atomic E-state index is -0.188. The van der Waals surface area contributed by atoms with Crippen molar-refractivity contribution < 1.29 is 4.79 Å². The lowest BCUT2D eigenvalue weighted by Crippen LogP contribution is -2.07. The molecule has 0 radical (unpaired) electrons. The largest absolute Gasteiger partial charge is 0.383 e. The van der Waals surface area contributed by atoms with Gasteiger partial charge in [-0.15, -0.1) is 0 Å². The van der Waals surface area contributed by atoms with Crippen LogP contribution in [0.5, 0.6) is 0 Å². The minimum Gasteiger partial charge on any atom is -0.383 e. The third kappa shape index (κ3) is 3.10. The van der Waals surface area contributed by atoms with Gasteiger partial charge < -0.3 is 11.5 Å². The van der Waals surface area contributed by atoms with Crippen LogP contribution in [0.15, 0.2) is 36.5 Å². The zero-order chi connectivity index (χ0) is 13.8. The van der Waals surface area contributed by atoms with E-state index in [1.54, 1.807) is 12.1 Å². The van der Waals surface area contributed by atoms with Crippen LogP contribution in [0, 0.1) is 0 Å². The minimum absolute atomic E-state index is 0.181. The maximum Gasteiger partial charge on any atom is 0.196 e. The maximum absolute atomic E-state index is 12.3. The Morgan fingerprint density at radius 2 is 1.95 bits per heavy atom. The van der Waals surface area contributed by atoms with Gasteiger partial charge in [0.05, 0.1) is 10.6 Å². The number of hydrogen-bond donors (Lipinski definition) is 2. The first-order valence-corrected chi connectivity index (χ1v) is 6.24. The van der Waals surface area contributed by atoms with Gasteiger partial charge in [-0.25, -0.2) is 4.98 Å². The molecule has 0 aliphatic carbocycles. The van der Waals surface area contributed by atoms with Crippen molar-refractivity contribution in [3.8, 4) is 0 Å². The molecule has 19 heavy (non-hydrogen) atoms. The summed E-state index contributed by atoms with van der Waals surface area (Å²) >= 11 is 5.83. The fourth-order valence-electron chi connectivity index (χ4n) is 1.78. The van der Waals surface area contributed by atoms with Crippen LogP contribution >= 0.6 is 11.6 Å². The highest BCUT2D eigenvalue weighted by atomic mass is 35.5. The second-order valence-corrected chi connectivity index (χ2v) is 4.59. The molecule has 0 saturated carbocycles. The van der Waals surface area contributed by atoms with E-state index in [9.17, 15) is 4.79 Å². The highest BCUT2D eigenvalue weighted by molar-refractivity contribution is 6.31. The monoisotopic (exact) mass is 275 g/mol. The molecule has 1 aromatic heterocycles. The van der Waals surface area contributed by atoms with Gasteiger partial charge in [0.1, 0.15) is 5.82 Å². The van der Waals surface area contributed by atoms with Gasteiger partial charge >= 0.3 is 0 Å². The predicted molar refractivity (Wildman–Crippen MR) is 76.3 cm³/mol. The summed E-state index contributed by atoms with van der Waals surface area (Å²) < 4.78 is 0. The summed E-state index contributed by atoms with van der Waals surface area (Å²) in [7, 11) is 0. The smallest absolute Gasteiger partial charge is 0.196 e. The molecule has 0 aliphatic heterocycles. The number of halogens is 1. The molecule has 2 rings (SSSR count). The van der Waals surface area contributed by atoms with Gasteiger partial charge in [0.2, 0.25) is 0 Å². The van der Waals surface area contributed by atoms with Crippen molar-refractivity contribution >= 4 is 23.2 Å². The second-order valence-electron chi connectivity index (χ2n) is 4.15. The van der Waals surface area contributed by atoms with E-state index in [1.165, 1.54) is 12.3 Å². The van der Waals surface area contributed by atoms with Crippen molar-refractivity contribution in [2.75, 3.05) is 12.3 Å². The standard InChI is InChI=1S/C14H14ClN3O/c15-11-7-12(14(17)18-8-11)13(19)10-3-1-9(2-4-10)5-6-16/h1-4,7-8H,5-6,16H2,(H2,17,18). The van der Waals surface area contributed by atoms with E-state index in [4.69, 9.17) is 23.1 Å². The quantitative estimate of drug-likeness (QED) is 0.837. The molecule has 5 heteroatoms. The van der Waals surface area contributed by atoms with Crippen LogP contribution in [0.3, 0.4) is 0 Å². The molecule has 0 bridgehead atoms. The van der Waals surface area contributed by atoms with Crippen molar-refractivity contribution in [3.05, 3.63) is 58.2 Å². The molecule has 0 atom stereocenters. The number of pyridine rings is 1. The van der Waals surface area contributed by atoms with E-state index in [0.717, 1.165) is 12.0 Å². The van der Waals surface area contributed by atoms with Crippen molar-refractivity contribution in [1.82, 2.24) is 4.98 Å². The summed E-state index contributed by atoms with van der Waals surface area (Å²) in [5.41, 5.74) is 13.1. The second kappa shape index (κ2) is 5.82. The number of rotatable bonds is 4. The molecule has 98 valence electrons. The molecular weight excluding hydrogens is 262 g/mol. The molecule has 1 heterocycles.